The average Bonchev–Trinajstić information content (AvgIpc) is 3.41. The minimum absolute atomic E-state index is 0.0769. The van der Waals surface area contributed by atoms with Crippen molar-refractivity contribution < 1.29 is 35.9 Å². The zero-order valence-electron chi connectivity index (χ0n) is 23.7. The molecule has 0 fully saturated rings. The molecular weight excluding hydrogens is 567 g/mol. The van der Waals surface area contributed by atoms with Gasteiger partial charge in [-0.25, -0.2) is 8.42 Å². The third kappa shape index (κ3) is 7.30. The summed E-state index contributed by atoms with van der Waals surface area (Å²) in [6.07, 6.45) is -4.58. The van der Waals surface area contributed by atoms with E-state index in [1.165, 1.54) is 18.2 Å². The van der Waals surface area contributed by atoms with Crippen molar-refractivity contribution in [1.29, 1.82) is 0 Å². The van der Waals surface area contributed by atoms with Gasteiger partial charge in [0.25, 0.3) is 0 Å². The molecular formula is C32H32F3NO5S. The standard InChI is InChI=1S/C32H32F3NO5S/c1-20-14-21(2)28(22(3)15-20)18-36(23(4)29-12-13-30(41-29)32(33,34)35)17-24-8-10-25(11-9-24)26-6-5-7-27(16-26)42(39,40)19-31(37)38/h5-16,23H,17-19H2,1-4H3,(H,37,38). The third-order valence-electron chi connectivity index (χ3n) is 7.25. The number of hydrogen-bond acceptors (Lipinski definition) is 5. The molecule has 222 valence electrons. The fourth-order valence-electron chi connectivity index (χ4n) is 5.05. The Labute approximate surface area is 243 Å². The summed E-state index contributed by atoms with van der Waals surface area (Å²) in [6.45, 7) is 8.76. The van der Waals surface area contributed by atoms with Crippen molar-refractivity contribution in [2.45, 2.75) is 57.9 Å². The summed E-state index contributed by atoms with van der Waals surface area (Å²) in [5.74, 6) is -3.25. The number of benzene rings is 3. The maximum atomic E-state index is 13.3. The molecule has 0 aliphatic carbocycles. The number of furan rings is 1. The highest BCUT2D eigenvalue weighted by atomic mass is 32.2. The van der Waals surface area contributed by atoms with Crippen molar-refractivity contribution in [1.82, 2.24) is 4.90 Å². The number of hydrogen-bond donors (Lipinski definition) is 1. The molecule has 0 spiro atoms. The van der Waals surface area contributed by atoms with Crippen LogP contribution in [0.4, 0.5) is 13.2 Å². The molecule has 0 amide bonds. The molecule has 1 N–H and O–H groups in total. The summed E-state index contributed by atoms with van der Waals surface area (Å²) in [4.78, 5) is 13.0. The van der Waals surface area contributed by atoms with Gasteiger partial charge in [-0.2, -0.15) is 13.2 Å². The van der Waals surface area contributed by atoms with Gasteiger partial charge in [0.15, 0.2) is 15.6 Å². The second-order valence-electron chi connectivity index (χ2n) is 10.5. The molecule has 0 aliphatic rings. The van der Waals surface area contributed by atoms with Crippen LogP contribution in [0.15, 0.2) is 82.1 Å². The highest BCUT2D eigenvalue weighted by Gasteiger charge is 2.35. The van der Waals surface area contributed by atoms with Crippen molar-refractivity contribution in [2.75, 3.05) is 5.75 Å². The zero-order valence-corrected chi connectivity index (χ0v) is 24.5. The Balaban J connectivity index is 1.63. The van der Waals surface area contributed by atoms with Crippen LogP contribution in [-0.2, 0) is 33.9 Å². The monoisotopic (exact) mass is 599 g/mol. The summed E-state index contributed by atoms with van der Waals surface area (Å²) in [7, 11) is -3.98. The summed E-state index contributed by atoms with van der Waals surface area (Å²) < 4.78 is 69.8. The van der Waals surface area contributed by atoms with Crippen molar-refractivity contribution in [2.24, 2.45) is 0 Å². The molecule has 1 atom stereocenters. The zero-order chi connectivity index (χ0) is 30.8. The molecule has 10 heteroatoms. The Kier molecular flexibility index (Phi) is 8.98. The molecule has 1 heterocycles. The molecule has 6 nitrogen and oxygen atoms in total. The van der Waals surface area contributed by atoms with E-state index in [9.17, 15) is 26.4 Å². The summed E-state index contributed by atoms with van der Waals surface area (Å²) in [5.41, 5.74) is 6.64. The molecule has 1 aromatic heterocycles. The van der Waals surface area contributed by atoms with Crippen molar-refractivity contribution >= 4 is 15.8 Å². The first-order valence-electron chi connectivity index (χ1n) is 13.3. The van der Waals surface area contributed by atoms with E-state index >= 15 is 0 Å². The quantitative estimate of drug-likeness (QED) is 0.203. The first-order chi connectivity index (χ1) is 19.6. The van der Waals surface area contributed by atoms with E-state index in [1.807, 2.05) is 52.0 Å². The second-order valence-corrected chi connectivity index (χ2v) is 12.5. The Morgan fingerprint density at radius 2 is 1.55 bits per heavy atom. The molecule has 4 aromatic rings. The molecule has 3 aromatic carbocycles. The molecule has 0 saturated heterocycles. The van der Waals surface area contributed by atoms with Crippen LogP contribution in [-0.4, -0.2) is 30.1 Å². The highest BCUT2D eigenvalue weighted by Crippen LogP contribution is 2.35. The van der Waals surface area contributed by atoms with Gasteiger partial charge in [-0.15, -0.1) is 0 Å². The lowest BCUT2D eigenvalue weighted by atomic mass is 9.98. The Morgan fingerprint density at radius 3 is 2.12 bits per heavy atom. The van der Waals surface area contributed by atoms with E-state index in [1.54, 1.807) is 12.1 Å². The van der Waals surface area contributed by atoms with Crippen molar-refractivity contribution in [3.05, 3.63) is 112 Å². The predicted molar refractivity (Wildman–Crippen MR) is 154 cm³/mol. The number of nitrogens with zero attached hydrogens (tertiary/aromatic N) is 1. The topological polar surface area (TPSA) is 87.8 Å². The molecule has 0 bridgehead atoms. The molecule has 42 heavy (non-hydrogen) atoms. The molecule has 0 aliphatic heterocycles. The van der Waals surface area contributed by atoms with Crippen LogP contribution in [0.3, 0.4) is 0 Å². The predicted octanol–water partition coefficient (Wildman–Crippen LogP) is 7.51. The van der Waals surface area contributed by atoms with E-state index < -0.39 is 39.5 Å². The number of alkyl halides is 3. The SMILES string of the molecule is Cc1cc(C)c(CN(Cc2ccc(-c3cccc(S(=O)(=O)CC(=O)O)c3)cc2)C(C)c2ccc(C(F)(F)F)o2)c(C)c1. The largest absolute Gasteiger partial charge is 0.480 e. The van der Waals surface area contributed by atoms with Crippen molar-refractivity contribution in [3.63, 3.8) is 0 Å². The Bertz CT molecular complexity index is 1670. The first-order valence-corrected chi connectivity index (χ1v) is 14.9. The fraction of sp³-hybridized carbons (Fsp3) is 0.281. The van der Waals surface area contributed by atoms with Gasteiger partial charge in [-0.3, -0.25) is 9.69 Å². The van der Waals surface area contributed by atoms with Crippen molar-refractivity contribution in [3.8, 4) is 11.1 Å². The van der Waals surface area contributed by atoms with E-state index in [2.05, 4.69) is 17.0 Å². The van der Waals surface area contributed by atoms with Crippen LogP contribution >= 0.6 is 0 Å². The number of halogens is 3. The Morgan fingerprint density at radius 1 is 0.905 bits per heavy atom. The second kappa shape index (κ2) is 12.1. The van der Waals surface area contributed by atoms with Gasteiger partial charge in [0.05, 0.1) is 10.9 Å². The van der Waals surface area contributed by atoms with Crippen LogP contribution in [0.2, 0.25) is 0 Å². The summed E-state index contributed by atoms with van der Waals surface area (Å²) >= 11 is 0. The van der Waals surface area contributed by atoms with Gasteiger partial charge < -0.3 is 9.52 Å². The number of rotatable bonds is 10. The Hall–Kier alpha value is -3.89. The highest BCUT2D eigenvalue weighted by molar-refractivity contribution is 7.92. The lowest BCUT2D eigenvalue weighted by molar-refractivity contribution is -0.153. The van der Waals surface area contributed by atoms with E-state index in [0.29, 0.717) is 18.7 Å². The van der Waals surface area contributed by atoms with Gasteiger partial charge in [0.1, 0.15) is 5.76 Å². The minimum Gasteiger partial charge on any atom is -0.480 e. The summed E-state index contributed by atoms with van der Waals surface area (Å²) in [5, 5.41) is 8.94. The third-order valence-corrected chi connectivity index (χ3v) is 8.85. The van der Waals surface area contributed by atoms with Gasteiger partial charge in [-0.05, 0) is 85.3 Å². The first kappa shape index (κ1) is 31.1. The number of aliphatic carboxylic acids is 1. The van der Waals surface area contributed by atoms with Gasteiger partial charge >= 0.3 is 12.1 Å². The van der Waals surface area contributed by atoms with Gasteiger partial charge in [0, 0.05) is 13.1 Å². The lowest BCUT2D eigenvalue weighted by Crippen LogP contribution is -2.27. The smallest absolute Gasteiger partial charge is 0.449 e. The maximum Gasteiger partial charge on any atom is 0.449 e. The minimum atomic E-state index is -4.58. The average molecular weight is 600 g/mol. The number of carbonyl (C=O) groups is 1. The number of carboxylic acids is 1. The number of carboxylic acid groups (broad SMARTS) is 1. The maximum absolute atomic E-state index is 13.3. The lowest BCUT2D eigenvalue weighted by Gasteiger charge is -2.29. The van der Waals surface area contributed by atoms with Crippen LogP contribution in [0, 0.1) is 20.8 Å². The molecule has 0 radical (unpaired) electrons. The molecule has 0 saturated carbocycles. The van der Waals surface area contributed by atoms with E-state index in [0.717, 1.165) is 39.4 Å². The van der Waals surface area contributed by atoms with Crippen LogP contribution in [0.5, 0.6) is 0 Å². The van der Waals surface area contributed by atoms with Gasteiger partial charge in [-0.1, -0.05) is 54.1 Å². The fourth-order valence-corrected chi connectivity index (χ4v) is 6.14. The van der Waals surface area contributed by atoms with Crippen LogP contribution in [0.25, 0.3) is 11.1 Å². The summed E-state index contributed by atoms with van der Waals surface area (Å²) in [6, 6.07) is 19.5. The van der Waals surface area contributed by atoms with Crippen LogP contribution < -0.4 is 0 Å². The normalized spacial score (nSPS) is 13.0. The van der Waals surface area contributed by atoms with E-state index in [-0.39, 0.29) is 10.7 Å². The molecule has 1 unspecified atom stereocenters. The van der Waals surface area contributed by atoms with Crippen LogP contribution in [0.1, 0.15) is 52.3 Å². The van der Waals surface area contributed by atoms with E-state index in [4.69, 9.17) is 9.52 Å². The van der Waals surface area contributed by atoms with Gasteiger partial charge in [0.2, 0.25) is 5.76 Å². The number of aryl methyl sites for hydroxylation is 3. The molecule has 4 rings (SSSR count). The number of sulfone groups is 1.